The second kappa shape index (κ2) is 6.33. The minimum atomic E-state index is 0.181. The third-order valence-electron chi connectivity index (χ3n) is 2.12. The van der Waals surface area contributed by atoms with Gasteiger partial charge in [0, 0.05) is 11.0 Å². The smallest absolute Gasteiger partial charge is 0.330 e. The van der Waals surface area contributed by atoms with Gasteiger partial charge in [-0.25, -0.2) is 0 Å². The summed E-state index contributed by atoms with van der Waals surface area (Å²) in [7, 11) is 1.49. The second-order valence-electron chi connectivity index (χ2n) is 3.52. The summed E-state index contributed by atoms with van der Waals surface area (Å²) < 4.78 is 11.5. The van der Waals surface area contributed by atoms with Crippen molar-refractivity contribution < 1.29 is 9.47 Å². The zero-order valence-corrected chi connectivity index (χ0v) is 12.1. The monoisotopic (exact) mass is 324 g/mol. The molecule has 6 nitrogen and oxygen atoms in total. The molecule has 1 heterocycles. The van der Waals surface area contributed by atoms with Crippen molar-refractivity contribution in [2.24, 2.45) is 0 Å². The molecule has 2 rings (SSSR count). The lowest BCUT2D eigenvalue weighted by molar-refractivity contribution is 0.360. The summed E-state index contributed by atoms with van der Waals surface area (Å²) >= 11 is 3.37. The lowest BCUT2D eigenvalue weighted by Gasteiger charge is -2.07. The molecule has 7 heteroatoms. The quantitative estimate of drug-likeness (QED) is 0.912. The van der Waals surface area contributed by atoms with Crippen molar-refractivity contribution in [1.29, 1.82) is 0 Å². The molecule has 0 saturated heterocycles. The molecular formula is C12H13BrN4O2. The summed E-state index contributed by atoms with van der Waals surface area (Å²) in [5, 5.41) is 2.99. The van der Waals surface area contributed by atoms with Crippen LogP contribution in [0.15, 0.2) is 28.7 Å². The van der Waals surface area contributed by atoms with Crippen LogP contribution in [0, 0.1) is 0 Å². The van der Waals surface area contributed by atoms with Crippen LogP contribution in [0.2, 0.25) is 0 Å². The Morgan fingerprint density at radius 1 is 1.21 bits per heavy atom. The van der Waals surface area contributed by atoms with Gasteiger partial charge >= 0.3 is 12.0 Å². The third kappa shape index (κ3) is 3.78. The fraction of sp³-hybridized carbons (Fsp3) is 0.250. The van der Waals surface area contributed by atoms with Gasteiger partial charge in [-0.3, -0.25) is 0 Å². The number of nitrogens with one attached hydrogen (secondary N) is 1. The summed E-state index contributed by atoms with van der Waals surface area (Å²) in [4.78, 5) is 12.2. The summed E-state index contributed by atoms with van der Waals surface area (Å²) in [6.07, 6.45) is 0. The van der Waals surface area contributed by atoms with Gasteiger partial charge < -0.3 is 14.8 Å². The predicted molar refractivity (Wildman–Crippen MR) is 74.8 cm³/mol. The van der Waals surface area contributed by atoms with Gasteiger partial charge in [0.25, 0.3) is 0 Å². The van der Waals surface area contributed by atoms with Crippen LogP contribution in [-0.4, -0.2) is 28.6 Å². The molecule has 2 aromatic rings. The number of rotatable bonds is 5. The van der Waals surface area contributed by atoms with E-state index in [1.165, 1.54) is 7.11 Å². The summed E-state index contributed by atoms with van der Waals surface area (Å²) in [5.74, 6) is 1.05. The Labute approximate surface area is 119 Å². The largest absolute Gasteiger partial charge is 0.467 e. The number of methoxy groups -OCH3 is 1. The zero-order chi connectivity index (χ0) is 13.7. The Bertz CT molecular complexity index is 565. The molecule has 1 aromatic heterocycles. The van der Waals surface area contributed by atoms with Crippen molar-refractivity contribution in [2.45, 2.75) is 6.92 Å². The molecule has 0 fully saturated rings. The molecule has 0 bridgehead atoms. The molecule has 19 heavy (non-hydrogen) atoms. The Kier molecular flexibility index (Phi) is 4.51. The maximum Gasteiger partial charge on any atom is 0.330 e. The van der Waals surface area contributed by atoms with E-state index in [2.05, 4.69) is 36.2 Å². The fourth-order valence-electron chi connectivity index (χ4n) is 1.35. The Morgan fingerprint density at radius 2 is 2.00 bits per heavy atom. The van der Waals surface area contributed by atoms with E-state index in [1.54, 1.807) is 0 Å². The lowest BCUT2D eigenvalue weighted by atomic mass is 10.3. The molecule has 1 aromatic carbocycles. The maximum absolute atomic E-state index is 5.58. The van der Waals surface area contributed by atoms with Gasteiger partial charge in [-0.05, 0) is 25.1 Å². The van der Waals surface area contributed by atoms with Crippen LogP contribution in [-0.2, 0) is 0 Å². The van der Waals surface area contributed by atoms with Gasteiger partial charge in [-0.1, -0.05) is 22.0 Å². The molecule has 0 amide bonds. The third-order valence-corrected chi connectivity index (χ3v) is 2.61. The Balaban J connectivity index is 2.26. The molecule has 0 spiro atoms. The van der Waals surface area contributed by atoms with Gasteiger partial charge in [0.15, 0.2) is 0 Å². The maximum atomic E-state index is 5.58. The van der Waals surface area contributed by atoms with Crippen LogP contribution in [0.5, 0.6) is 17.8 Å². The van der Waals surface area contributed by atoms with E-state index in [-0.39, 0.29) is 12.0 Å². The molecule has 0 unspecified atom stereocenters. The number of ether oxygens (including phenoxy) is 2. The standard InChI is InChI=1S/C12H13BrN4O2/c1-3-14-10-15-11(18-2)17-12(16-10)19-9-6-4-5-8(13)7-9/h4-7H,3H2,1-2H3,(H,14,15,16,17). The zero-order valence-electron chi connectivity index (χ0n) is 10.6. The average Bonchev–Trinajstić information content (AvgIpc) is 2.39. The Morgan fingerprint density at radius 3 is 2.68 bits per heavy atom. The van der Waals surface area contributed by atoms with Crippen molar-refractivity contribution in [3.05, 3.63) is 28.7 Å². The number of halogens is 1. The second-order valence-corrected chi connectivity index (χ2v) is 4.43. The molecule has 0 aliphatic carbocycles. The van der Waals surface area contributed by atoms with E-state index in [0.717, 1.165) is 4.47 Å². The van der Waals surface area contributed by atoms with E-state index in [9.17, 15) is 0 Å². The van der Waals surface area contributed by atoms with Crippen molar-refractivity contribution in [1.82, 2.24) is 15.0 Å². The van der Waals surface area contributed by atoms with Crippen LogP contribution in [0.25, 0.3) is 0 Å². The van der Waals surface area contributed by atoms with Crippen LogP contribution >= 0.6 is 15.9 Å². The normalized spacial score (nSPS) is 10.1. The van der Waals surface area contributed by atoms with E-state index in [1.807, 2.05) is 31.2 Å². The van der Waals surface area contributed by atoms with E-state index in [0.29, 0.717) is 18.2 Å². The number of hydrogen-bond acceptors (Lipinski definition) is 6. The van der Waals surface area contributed by atoms with E-state index >= 15 is 0 Å². The van der Waals surface area contributed by atoms with Crippen LogP contribution < -0.4 is 14.8 Å². The van der Waals surface area contributed by atoms with Gasteiger partial charge in [0.1, 0.15) is 5.75 Å². The molecule has 0 atom stereocenters. The summed E-state index contributed by atoms with van der Waals surface area (Å²) in [5.41, 5.74) is 0. The van der Waals surface area contributed by atoms with Crippen LogP contribution in [0.4, 0.5) is 5.95 Å². The predicted octanol–water partition coefficient (Wildman–Crippen LogP) is 2.87. The van der Waals surface area contributed by atoms with Crippen LogP contribution in [0.3, 0.4) is 0 Å². The van der Waals surface area contributed by atoms with E-state index in [4.69, 9.17) is 9.47 Å². The highest BCUT2D eigenvalue weighted by molar-refractivity contribution is 9.10. The van der Waals surface area contributed by atoms with Crippen molar-refractivity contribution >= 4 is 21.9 Å². The highest BCUT2D eigenvalue weighted by Crippen LogP contribution is 2.23. The molecule has 0 aliphatic rings. The number of aromatic nitrogens is 3. The fourth-order valence-corrected chi connectivity index (χ4v) is 1.73. The highest BCUT2D eigenvalue weighted by atomic mass is 79.9. The molecule has 1 N–H and O–H groups in total. The topological polar surface area (TPSA) is 69.2 Å². The molecule has 100 valence electrons. The molecule has 0 radical (unpaired) electrons. The molecule has 0 aliphatic heterocycles. The first-order chi connectivity index (χ1) is 9.21. The first-order valence-electron chi connectivity index (χ1n) is 5.68. The number of hydrogen-bond donors (Lipinski definition) is 1. The van der Waals surface area contributed by atoms with Gasteiger partial charge in [-0.15, -0.1) is 4.98 Å². The highest BCUT2D eigenvalue weighted by Gasteiger charge is 2.08. The van der Waals surface area contributed by atoms with Crippen molar-refractivity contribution in [2.75, 3.05) is 19.0 Å². The van der Waals surface area contributed by atoms with Crippen molar-refractivity contribution in [3.63, 3.8) is 0 Å². The molecule has 0 saturated carbocycles. The van der Waals surface area contributed by atoms with Crippen molar-refractivity contribution in [3.8, 4) is 17.8 Å². The summed E-state index contributed by atoms with van der Waals surface area (Å²) in [6.45, 7) is 2.65. The lowest BCUT2D eigenvalue weighted by Crippen LogP contribution is -2.06. The van der Waals surface area contributed by atoms with E-state index < -0.39 is 0 Å². The number of anilines is 1. The van der Waals surface area contributed by atoms with Gasteiger partial charge in [0.05, 0.1) is 7.11 Å². The number of nitrogens with zero attached hydrogens (tertiary/aromatic N) is 3. The SMILES string of the molecule is CCNc1nc(OC)nc(Oc2cccc(Br)c2)n1. The first kappa shape index (κ1) is 13.5. The van der Waals surface area contributed by atoms with Gasteiger partial charge in [-0.2, -0.15) is 9.97 Å². The van der Waals surface area contributed by atoms with Gasteiger partial charge in [0.2, 0.25) is 5.95 Å². The molecular weight excluding hydrogens is 312 g/mol. The average molecular weight is 325 g/mol. The first-order valence-corrected chi connectivity index (χ1v) is 6.48. The number of benzene rings is 1. The van der Waals surface area contributed by atoms with Crippen LogP contribution in [0.1, 0.15) is 6.92 Å². The minimum absolute atomic E-state index is 0.181. The minimum Gasteiger partial charge on any atom is -0.467 e. The summed E-state index contributed by atoms with van der Waals surface area (Å²) in [6, 6.07) is 7.79. The Hall–Kier alpha value is -1.89.